The van der Waals surface area contributed by atoms with Gasteiger partial charge in [-0.05, 0) is 36.4 Å². The molecule has 3 aromatic rings. The molecule has 0 atom stereocenters. The van der Waals surface area contributed by atoms with Crippen LogP contribution in [-0.2, 0) is 0 Å². The van der Waals surface area contributed by atoms with Crippen molar-refractivity contribution in [3.8, 4) is 11.8 Å². The van der Waals surface area contributed by atoms with Crippen LogP contribution in [0.2, 0.25) is 0 Å². The van der Waals surface area contributed by atoms with E-state index in [0.29, 0.717) is 28.0 Å². The number of benzene rings is 2. The van der Waals surface area contributed by atoms with Crippen LogP contribution in [0.3, 0.4) is 0 Å². The first-order chi connectivity index (χ1) is 9.19. The highest BCUT2D eigenvalue weighted by molar-refractivity contribution is 5.80. The van der Waals surface area contributed by atoms with Gasteiger partial charge in [0.1, 0.15) is 0 Å². The van der Waals surface area contributed by atoms with Gasteiger partial charge < -0.3 is 10.7 Å². The lowest BCUT2D eigenvalue weighted by molar-refractivity contribution is 1.02. The summed E-state index contributed by atoms with van der Waals surface area (Å²) in [6, 6.07) is 14.2. The average Bonchev–Trinajstić information content (AvgIpc) is 2.74. The quantitative estimate of drug-likeness (QED) is 0.645. The van der Waals surface area contributed by atoms with Gasteiger partial charge in [0.15, 0.2) is 0 Å². The smallest absolute Gasteiger partial charge is 0.331 e. The summed E-state index contributed by atoms with van der Waals surface area (Å²) in [7, 11) is 0. The van der Waals surface area contributed by atoms with Gasteiger partial charge in [-0.2, -0.15) is 5.26 Å². The Morgan fingerprint density at radius 2 is 2.05 bits per heavy atom. The van der Waals surface area contributed by atoms with Crippen LogP contribution in [0.1, 0.15) is 5.56 Å². The third-order valence-corrected chi connectivity index (χ3v) is 2.94. The zero-order valence-corrected chi connectivity index (χ0v) is 9.92. The number of rotatable bonds is 1. The standard InChI is InChI=1S/C14H10N4O/c15-8-9-2-1-3-11(6-9)18-13-7-10(16)4-5-12(13)17-14(18)19/h1-7H,16H2,(H,17,19). The summed E-state index contributed by atoms with van der Waals surface area (Å²) in [5.41, 5.74) is 8.63. The van der Waals surface area contributed by atoms with Gasteiger partial charge in [-0.3, -0.25) is 4.57 Å². The van der Waals surface area contributed by atoms with Crippen LogP contribution in [0, 0.1) is 11.3 Å². The first-order valence-electron chi connectivity index (χ1n) is 5.70. The largest absolute Gasteiger partial charge is 0.399 e. The van der Waals surface area contributed by atoms with Crippen molar-refractivity contribution in [2.75, 3.05) is 5.73 Å². The second-order valence-electron chi connectivity index (χ2n) is 4.20. The monoisotopic (exact) mass is 250 g/mol. The van der Waals surface area contributed by atoms with Crippen molar-refractivity contribution < 1.29 is 0 Å². The number of aromatic amines is 1. The molecule has 0 saturated carbocycles. The van der Waals surface area contributed by atoms with Crippen molar-refractivity contribution in [1.29, 1.82) is 5.26 Å². The van der Waals surface area contributed by atoms with E-state index in [1.165, 1.54) is 4.57 Å². The molecule has 5 nitrogen and oxygen atoms in total. The molecular weight excluding hydrogens is 240 g/mol. The fourth-order valence-corrected chi connectivity index (χ4v) is 2.09. The molecule has 0 radical (unpaired) electrons. The van der Waals surface area contributed by atoms with E-state index >= 15 is 0 Å². The summed E-state index contributed by atoms with van der Waals surface area (Å²) in [4.78, 5) is 14.8. The molecule has 0 aliphatic rings. The number of nitriles is 1. The molecule has 0 fully saturated rings. The maximum absolute atomic E-state index is 12.0. The summed E-state index contributed by atoms with van der Waals surface area (Å²) in [5, 5.41) is 8.92. The Morgan fingerprint density at radius 3 is 2.84 bits per heavy atom. The fourth-order valence-electron chi connectivity index (χ4n) is 2.09. The van der Waals surface area contributed by atoms with Crippen molar-refractivity contribution in [3.05, 3.63) is 58.5 Å². The first kappa shape index (κ1) is 11.1. The molecule has 5 heteroatoms. The summed E-state index contributed by atoms with van der Waals surface area (Å²) < 4.78 is 1.51. The number of nitrogens with one attached hydrogen (secondary N) is 1. The molecule has 1 aromatic heterocycles. The lowest BCUT2D eigenvalue weighted by atomic mass is 10.2. The van der Waals surface area contributed by atoms with E-state index in [4.69, 9.17) is 11.0 Å². The SMILES string of the molecule is N#Cc1cccc(-n2c(=O)[nH]c3ccc(N)cc32)c1. The highest BCUT2D eigenvalue weighted by atomic mass is 16.1. The number of nitrogens with two attached hydrogens (primary N) is 1. The van der Waals surface area contributed by atoms with Gasteiger partial charge in [0, 0.05) is 5.69 Å². The molecule has 0 unspecified atom stereocenters. The van der Waals surface area contributed by atoms with Gasteiger partial charge in [0.05, 0.1) is 28.4 Å². The molecule has 0 aliphatic heterocycles. The van der Waals surface area contributed by atoms with Crippen LogP contribution in [0.25, 0.3) is 16.7 Å². The molecule has 3 N–H and O–H groups in total. The van der Waals surface area contributed by atoms with Crippen LogP contribution in [0.15, 0.2) is 47.3 Å². The molecular formula is C14H10N4O. The minimum absolute atomic E-state index is 0.254. The predicted molar refractivity (Wildman–Crippen MR) is 73.0 cm³/mol. The number of aromatic nitrogens is 2. The van der Waals surface area contributed by atoms with Crippen molar-refractivity contribution >= 4 is 16.7 Å². The maximum Gasteiger partial charge on any atom is 0.331 e. The van der Waals surface area contributed by atoms with Gasteiger partial charge in [0.2, 0.25) is 0 Å². The van der Waals surface area contributed by atoms with E-state index in [9.17, 15) is 4.79 Å². The second kappa shape index (κ2) is 4.03. The Balaban J connectivity index is 2.36. The Kier molecular flexibility index (Phi) is 2.36. The second-order valence-corrected chi connectivity index (χ2v) is 4.20. The lowest BCUT2D eigenvalue weighted by Gasteiger charge is -2.04. The van der Waals surface area contributed by atoms with Gasteiger partial charge in [0.25, 0.3) is 0 Å². The summed E-state index contributed by atoms with van der Waals surface area (Å²) in [6.07, 6.45) is 0. The molecule has 3 rings (SSSR count). The minimum Gasteiger partial charge on any atom is -0.399 e. The van der Waals surface area contributed by atoms with E-state index in [2.05, 4.69) is 11.1 Å². The molecule has 0 spiro atoms. The molecule has 0 saturated heterocycles. The topological polar surface area (TPSA) is 87.6 Å². The number of anilines is 1. The normalized spacial score (nSPS) is 10.5. The van der Waals surface area contributed by atoms with Crippen LogP contribution >= 0.6 is 0 Å². The van der Waals surface area contributed by atoms with Gasteiger partial charge in [-0.1, -0.05) is 6.07 Å². The predicted octanol–water partition coefficient (Wildman–Crippen LogP) is 1.77. The van der Waals surface area contributed by atoms with E-state index < -0.39 is 0 Å². The zero-order chi connectivity index (χ0) is 13.4. The van der Waals surface area contributed by atoms with Crippen LogP contribution in [0.4, 0.5) is 5.69 Å². The molecule has 2 aromatic carbocycles. The van der Waals surface area contributed by atoms with Crippen molar-refractivity contribution in [3.63, 3.8) is 0 Å². The number of hydrogen-bond acceptors (Lipinski definition) is 3. The molecule has 92 valence electrons. The summed E-state index contributed by atoms with van der Waals surface area (Å²) in [6.45, 7) is 0. The Labute approximate surface area is 108 Å². The van der Waals surface area contributed by atoms with Crippen LogP contribution in [0.5, 0.6) is 0 Å². The van der Waals surface area contributed by atoms with E-state index in [0.717, 1.165) is 0 Å². The highest BCUT2D eigenvalue weighted by Gasteiger charge is 2.09. The molecule has 1 heterocycles. The van der Waals surface area contributed by atoms with E-state index in [1.54, 1.807) is 42.5 Å². The number of H-pyrrole nitrogens is 1. The molecule has 0 aliphatic carbocycles. The van der Waals surface area contributed by atoms with Crippen molar-refractivity contribution in [1.82, 2.24) is 9.55 Å². The van der Waals surface area contributed by atoms with Crippen molar-refractivity contribution in [2.45, 2.75) is 0 Å². The van der Waals surface area contributed by atoms with Gasteiger partial charge in [-0.25, -0.2) is 4.79 Å². The van der Waals surface area contributed by atoms with E-state index in [-0.39, 0.29) is 5.69 Å². The van der Waals surface area contributed by atoms with Crippen molar-refractivity contribution in [2.24, 2.45) is 0 Å². The van der Waals surface area contributed by atoms with Crippen LogP contribution in [-0.4, -0.2) is 9.55 Å². The third-order valence-electron chi connectivity index (χ3n) is 2.94. The number of fused-ring (bicyclic) bond motifs is 1. The number of imidazole rings is 1. The molecule has 0 bridgehead atoms. The average molecular weight is 250 g/mol. The lowest BCUT2D eigenvalue weighted by Crippen LogP contribution is -2.14. The third kappa shape index (κ3) is 1.76. The van der Waals surface area contributed by atoms with Gasteiger partial charge in [-0.15, -0.1) is 0 Å². The molecule has 19 heavy (non-hydrogen) atoms. The van der Waals surface area contributed by atoms with Crippen LogP contribution < -0.4 is 11.4 Å². The van der Waals surface area contributed by atoms with Gasteiger partial charge >= 0.3 is 5.69 Å². The summed E-state index contributed by atoms with van der Waals surface area (Å²) >= 11 is 0. The Hall–Kier alpha value is -3.00. The maximum atomic E-state index is 12.0. The number of nitrogens with zero attached hydrogens (tertiary/aromatic N) is 2. The molecule has 0 amide bonds. The highest BCUT2D eigenvalue weighted by Crippen LogP contribution is 2.18. The van der Waals surface area contributed by atoms with E-state index in [1.807, 2.05) is 0 Å². The first-order valence-corrected chi connectivity index (χ1v) is 5.70. The summed E-state index contributed by atoms with van der Waals surface area (Å²) in [5.74, 6) is 0. The zero-order valence-electron chi connectivity index (χ0n) is 9.92. The minimum atomic E-state index is -0.254. The fraction of sp³-hybridized carbons (Fsp3) is 0. The number of hydrogen-bond donors (Lipinski definition) is 2. The number of nitrogen functional groups attached to an aromatic ring is 1. The Bertz CT molecular complexity index is 867. The Morgan fingerprint density at radius 1 is 1.21 bits per heavy atom.